The van der Waals surface area contributed by atoms with Crippen LogP contribution < -0.4 is 5.56 Å². The third-order valence-electron chi connectivity index (χ3n) is 0.908. The van der Waals surface area contributed by atoms with Gasteiger partial charge in [-0.1, -0.05) is 0 Å². The van der Waals surface area contributed by atoms with E-state index in [0.29, 0.717) is 6.29 Å². The molecule has 0 spiro atoms. The Hall–Kier alpha value is -1.23. The van der Waals surface area contributed by atoms with Crippen LogP contribution in [0.1, 0.15) is 10.5 Å². The smallest absolute Gasteiger partial charge is 0.252 e. The molecular formula is C5H4N2O2S. The van der Waals surface area contributed by atoms with Crippen molar-refractivity contribution in [3.63, 3.8) is 0 Å². The maximum Gasteiger partial charge on any atom is 0.252 e. The molecule has 4 nitrogen and oxygen atoms in total. The molecular weight excluding hydrogens is 152 g/mol. The first-order valence-electron chi connectivity index (χ1n) is 2.51. The predicted octanol–water partition coefficient (Wildman–Crippen LogP) is 0.245. The molecule has 52 valence electrons. The van der Waals surface area contributed by atoms with E-state index < -0.39 is 0 Å². The van der Waals surface area contributed by atoms with Crippen molar-refractivity contribution in [1.29, 1.82) is 0 Å². The lowest BCUT2D eigenvalue weighted by Gasteiger charge is -1.86. The maximum atomic E-state index is 10.6. The van der Waals surface area contributed by atoms with Crippen molar-refractivity contribution in [3.8, 4) is 0 Å². The molecule has 0 bridgehead atoms. The zero-order valence-corrected chi connectivity index (χ0v) is 5.70. The first-order chi connectivity index (χ1) is 4.72. The number of aldehydes is 1. The lowest BCUT2D eigenvalue weighted by molar-refractivity contribution is 0.111. The van der Waals surface area contributed by atoms with Crippen LogP contribution in [-0.4, -0.2) is 16.3 Å². The summed E-state index contributed by atoms with van der Waals surface area (Å²) >= 11 is 4.58. The predicted molar refractivity (Wildman–Crippen MR) is 37.6 cm³/mol. The quantitative estimate of drug-likeness (QED) is 0.452. The first kappa shape index (κ1) is 6.88. The molecule has 0 unspecified atom stereocenters. The van der Waals surface area contributed by atoms with E-state index in [1.807, 2.05) is 0 Å². The number of nitrogens with one attached hydrogen (secondary N) is 2. The van der Waals surface area contributed by atoms with E-state index in [9.17, 15) is 9.59 Å². The number of H-pyrrole nitrogens is 2. The Balaban J connectivity index is 3.46. The number of aromatic nitrogens is 2. The number of aromatic amines is 2. The summed E-state index contributed by atoms with van der Waals surface area (Å²) in [5, 5.41) is 0. The van der Waals surface area contributed by atoms with Crippen molar-refractivity contribution in [2.45, 2.75) is 0 Å². The Morgan fingerprint density at radius 2 is 2.20 bits per heavy atom. The summed E-state index contributed by atoms with van der Waals surface area (Å²) in [5.41, 5.74) is -0.181. The van der Waals surface area contributed by atoms with Gasteiger partial charge in [0.1, 0.15) is 0 Å². The van der Waals surface area contributed by atoms with Crippen LogP contribution in [0.2, 0.25) is 0 Å². The Morgan fingerprint density at radius 3 is 2.70 bits per heavy atom. The van der Waals surface area contributed by atoms with E-state index in [1.54, 1.807) is 0 Å². The van der Waals surface area contributed by atoms with E-state index in [-0.39, 0.29) is 16.0 Å². The third-order valence-corrected chi connectivity index (χ3v) is 1.11. The van der Waals surface area contributed by atoms with Crippen LogP contribution in [0.5, 0.6) is 0 Å². The van der Waals surface area contributed by atoms with Gasteiger partial charge in [0.2, 0.25) is 0 Å². The molecule has 1 aromatic heterocycles. The molecule has 2 N–H and O–H groups in total. The van der Waals surface area contributed by atoms with E-state index in [2.05, 4.69) is 22.2 Å². The molecule has 5 heteroatoms. The standard InChI is InChI=1S/C5H4N2O2S/c8-2-3-1-4(9)7-5(10)6-3/h1-2H,(H2,6,7,9,10). The summed E-state index contributed by atoms with van der Waals surface area (Å²) in [4.78, 5) is 25.4. The molecule has 0 aliphatic rings. The molecule has 0 atom stereocenters. The molecule has 0 saturated carbocycles. The normalized spacial score (nSPS) is 9.20. The van der Waals surface area contributed by atoms with Gasteiger partial charge in [0.25, 0.3) is 5.56 Å². The number of hydrogen-bond donors (Lipinski definition) is 2. The molecule has 1 aromatic rings. The van der Waals surface area contributed by atoms with Gasteiger partial charge in [-0.3, -0.25) is 14.6 Å². The second-order valence-corrected chi connectivity index (χ2v) is 2.07. The van der Waals surface area contributed by atoms with Gasteiger partial charge in [-0.2, -0.15) is 0 Å². The molecule has 10 heavy (non-hydrogen) atoms. The summed E-state index contributed by atoms with van der Waals surface area (Å²) in [6, 6.07) is 1.14. The van der Waals surface area contributed by atoms with Crippen LogP contribution in [0.3, 0.4) is 0 Å². The van der Waals surface area contributed by atoms with Crippen molar-refractivity contribution in [3.05, 3.63) is 26.9 Å². The van der Waals surface area contributed by atoms with Crippen LogP contribution in [0.25, 0.3) is 0 Å². The highest BCUT2D eigenvalue weighted by molar-refractivity contribution is 7.71. The maximum absolute atomic E-state index is 10.6. The SMILES string of the molecule is O=Cc1cc(=O)[nH]c(=S)[nH]1. The first-order valence-corrected chi connectivity index (χ1v) is 2.92. The fraction of sp³-hybridized carbons (Fsp3) is 0. The van der Waals surface area contributed by atoms with Crippen molar-refractivity contribution in [2.75, 3.05) is 0 Å². The molecule has 0 aliphatic heterocycles. The van der Waals surface area contributed by atoms with E-state index in [4.69, 9.17) is 0 Å². The summed E-state index contributed by atoms with van der Waals surface area (Å²) < 4.78 is 0.162. The molecule has 0 amide bonds. The van der Waals surface area contributed by atoms with Gasteiger partial charge in [-0.15, -0.1) is 0 Å². The summed E-state index contributed by atoms with van der Waals surface area (Å²) in [6.07, 6.45) is 0.533. The van der Waals surface area contributed by atoms with Gasteiger partial charge >= 0.3 is 0 Å². The van der Waals surface area contributed by atoms with Gasteiger partial charge in [-0.05, 0) is 12.2 Å². The van der Waals surface area contributed by atoms with Gasteiger partial charge in [0.05, 0.1) is 5.69 Å². The van der Waals surface area contributed by atoms with E-state index in [1.165, 1.54) is 0 Å². The van der Waals surface area contributed by atoms with E-state index in [0.717, 1.165) is 6.07 Å². The van der Waals surface area contributed by atoms with Crippen LogP contribution in [0, 0.1) is 4.77 Å². The second kappa shape index (κ2) is 2.57. The molecule has 0 radical (unpaired) electrons. The molecule has 0 fully saturated rings. The van der Waals surface area contributed by atoms with Gasteiger partial charge in [-0.25, -0.2) is 0 Å². The Labute approximate surface area is 60.9 Å². The summed E-state index contributed by atoms with van der Waals surface area (Å²) in [7, 11) is 0. The molecule has 1 heterocycles. The zero-order valence-electron chi connectivity index (χ0n) is 4.88. The van der Waals surface area contributed by atoms with Crippen LogP contribution in [0.15, 0.2) is 10.9 Å². The summed E-state index contributed by atoms with van der Waals surface area (Å²) in [6.45, 7) is 0. The third kappa shape index (κ3) is 1.38. The second-order valence-electron chi connectivity index (χ2n) is 1.66. The molecule has 1 rings (SSSR count). The number of carbonyl (C=O) groups excluding carboxylic acids is 1. The summed E-state index contributed by atoms with van der Waals surface area (Å²) in [5.74, 6) is 0. The number of carbonyl (C=O) groups is 1. The van der Waals surface area contributed by atoms with Gasteiger partial charge in [0, 0.05) is 6.07 Å². The topological polar surface area (TPSA) is 65.7 Å². The Bertz CT molecular complexity index is 323. The van der Waals surface area contributed by atoms with Crippen LogP contribution in [-0.2, 0) is 0 Å². The highest BCUT2D eigenvalue weighted by atomic mass is 32.1. The lowest BCUT2D eigenvalue weighted by atomic mass is 10.4. The fourth-order valence-corrected chi connectivity index (χ4v) is 0.770. The average molecular weight is 156 g/mol. The minimum atomic E-state index is -0.370. The average Bonchev–Trinajstić information content (AvgIpc) is 1.85. The molecule has 0 saturated heterocycles. The minimum absolute atomic E-state index is 0.162. The zero-order chi connectivity index (χ0) is 7.56. The fourth-order valence-electron chi connectivity index (χ4n) is 0.551. The molecule has 0 aromatic carbocycles. The highest BCUT2D eigenvalue weighted by Crippen LogP contribution is 1.80. The van der Waals surface area contributed by atoms with Crippen molar-refractivity contribution in [2.24, 2.45) is 0 Å². The number of hydrogen-bond acceptors (Lipinski definition) is 3. The largest absolute Gasteiger partial charge is 0.330 e. The minimum Gasteiger partial charge on any atom is -0.330 e. The Kier molecular flexibility index (Phi) is 1.77. The van der Waals surface area contributed by atoms with E-state index >= 15 is 0 Å². The van der Waals surface area contributed by atoms with Gasteiger partial charge in [0.15, 0.2) is 11.1 Å². The van der Waals surface area contributed by atoms with Crippen LogP contribution >= 0.6 is 12.2 Å². The molecule has 0 aliphatic carbocycles. The highest BCUT2D eigenvalue weighted by Gasteiger charge is 1.89. The van der Waals surface area contributed by atoms with Crippen molar-refractivity contribution in [1.82, 2.24) is 9.97 Å². The van der Waals surface area contributed by atoms with Gasteiger partial charge < -0.3 is 4.98 Å². The lowest BCUT2D eigenvalue weighted by Crippen LogP contribution is -2.07. The van der Waals surface area contributed by atoms with Crippen molar-refractivity contribution >= 4 is 18.5 Å². The van der Waals surface area contributed by atoms with Crippen molar-refractivity contribution < 1.29 is 4.79 Å². The van der Waals surface area contributed by atoms with Crippen LogP contribution in [0.4, 0.5) is 0 Å². The monoisotopic (exact) mass is 156 g/mol. The Morgan fingerprint density at radius 1 is 1.50 bits per heavy atom. The number of rotatable bonds is 1.